The van der Waals surface area contributed by atoms with Crippen LogP contribution >= 0.6 is 0 Å². The normalized spacial score (nSPS) is 12.0. The molecular formula is C25H27F3N6O. The highest BCUT2D eigenvalue weighted by molar-refractivity contribution is 5.80. The number of rotatable bonds is 8. The van der Waals surface area contributed by atoms with Gasteiger partial charge in [-0.1, -0.05) is 69.7 Å². The zero-order valence-corrected chi connectivity index (χ0v) is 19.8. The van der Waals surface area contributed by atoms with E-state index in [1.165, 1.54) is 4.57 Å². The van der Waals surface area contributed by atoms with E-state index in [2.05, 4.69) is 20.6 Å². The van der Waals surface area contributed by atoms with Crippen LogP contribution in [0.4, 0.5) is 13.2 Å². The number of aromatic amines is 1. The molecule has 7 nitrogen and oxygen atoms in total. The first-order valence-corrected chi connectivity index (χ1v) is 11.5. The van der Waals surface area contributed by atoms with E-state index in [0.29, 0.717) is 23.4 Å². The van der Waals surface area contributed by atoms with E-state index in [1.807, 2.05) is 48.5 Å². The second-order valence-electron chi connectivity index (χ2n) is 8.91. The molecule has 0 aliphatic rings. The maximum Gasteiger partial charge on any atom is 0.433 e. The summed E-state index contributed by atoms with van der Waals surface area (Å²) in [5.74, 6) is 0.315. The summed E-state index contributed by atoms with van der Waals surface area (Å²) in [5.41, 5.74) is 1.69. The zero-order chi connectivity index (χ0) is 25.2. The molecule has 0 spiro atoms. The zero-order valence-electron chi connectivity index (χ0n) is 19.8. The van der Waals surface area contributed by atoms with Gasteiger partial charge in [-0.05, 0) is 45.5 Å². The van der Waals surface area contributed by atoms with Gasteiger partial charge in [-0.2, -0.15) is 13.2 Å². The van der Waals surface area contributed by atoms with Crippen LogP contribution in [-0.4, -0.2) is 29.8 Å². The van der Waals surface area contributed by atoms with E-state index in [4.69, 9.17) is 0 Å². The van der Waals surface area contributed by atoms with Crippen molar-refractivity contribution in [2.45, 2.75) is 52.9 Å². The molecule has 184 valence electrons. The Bertz CT molecular complexity index is 1340. The molecule has 0 aliphatic heterocycles. The molecule has 0 bridgehead atoms. The molecular weight excluding hydrogens is 457 g/mol. The fourth-order valence-corrected chi connectivity index (χ4v) is 4.36. The highest BCUT2D eigenvalue weighted by atomic mass is 19.4. The van der Waals surface area contributed by atoms with Crippen molar-refractivity contribution < 1.29 is 13.2 Å². The standard InChI is InChI=1S/C25H27F3N6O/c1-4-8-21-22(25(26,27)28)34(14-16(2)3)24(35)33(21)15-17-11-12-19(18-9-6-5-7-10-18)20(13-17)23-29-31-32-30-23/h5-7,9-13,16H,4,8,14-15H2,1-3H3,(H,29,30,31,32). The lowest BCUT2D eigenvalue weighted by Crippen LogP contribution is -2.28. The third-order valence-electron chi connectivity index (χ3n) is 5.74. The predicted octanol–water partition coefficient (Wildman–Crippen LogP) is 5.17. The van der Waals surface area contributed by atoms with Crippen molar-refractivity contribution in [3.05, 3.63) is 76.0 Å². The second-order valence-corrected chi connectivity index (χ2v) is 8.91. The number of H-pyrrole nitrogens is 1. The lowest BCUT2D eigenvalue weighted by molar-refractivity contribution is -0.144. The Morgan fingerprint density at radius 3 is 2.37 bits per heavy atom. The lowest BCUT2D eigenvalue weighted by atomic mass is 9.97. The number of halogens is 3. The average molecular weight is 485 g/mol. The molecule has 2 aromatic carbocycles. The number of nitrogens with zero attached hydrogens (tertiary/aromatic N) is 5. The molecule has 0 fully saturated rings. The Morgan fingerprint density at radius 1 is 1.03 bits per heavy atom. The molecule has 0 radical (unpaired) electrons. The summed E-state index contributed by atoms with van der Waals surface area (Å²) in [7, 11) is 0. The number of hydrogen-bond acceptors (Lipinski definition) is 4. The number of benzene rings is 2. The van der Waals surface area contributed by atoms with E-state index >= 15 is 0 Å². The van der Waals surface area contributed by atoms with Crippen LogP contribution in [-0.2, 0) is 25.7 Å². The van der Waals surface area contributed by atoms with Crippen LogP contribution in [0.3, 0.4) is 0 Å². The molecule has 10 heteroatoms. The van der Waals surface area contributed by atoms with Crippen LogP contribution in [0.5, 0.6) is 0 Å². The molecule has 0 atom stereocenters. The maximum absolute atomic E-state index is 14.1. The van der Waals surface area contributed by atoms with Gasteiger partial charge in [0.15, 0.2) is 5.82 Å². The van der Waals surface area contributed by atoms with Crippen molar-refractivity contribution in [2.24, 2.45) is 5.92 Å². The Hall–Kier alpha value is -3.69. The molecule has 1 N–H and O–H groups in total. The number of alkyl halides is 3. The number of aromatic nitrogens is 6. The molecule has 0 saturated heterocycles. The molecule has 0 saturated carbocycles. The number of imidazole rings is 1. The predicted molar refractivity (Wildman–Crippen MR) is 127 cm³/mol. The first-order chi connectivity index (χ1) is 16.7. The van der Waals surface area contributed by atoms with Crippen molar-refractivity contribution in [1.82, 2.24) is 29.8 Å². The topological polar surface area (TPSA) is 81.4 Å². The summed E-state index contributed by atoms with van der Waals surface area (Å²) < 4.78 is 44.5. The van der Waals surface area contributed by atoms with Crippen LogP contribution in [0.15, 0.2) is 53.3 Å². The summed E-state index contributed by atoms with van der Waals surface area (Å²) in [6.07, 6.45) is -4.00. The van der Waals surface area contributed by atoms with E-state index < -0.39 is 17.6 Å². The third kappa shape index (κ3) is 5.06. The third-order valence-corrected chi connectivity index (χ3v) is 5.74. The Labute approximate surface area is 200 Å². The molecule has 0 unspecified atom stereocenters. The molecule has 2 aromatic heterocycles. The lowest BCUT2D eigenvalue weighted by Gasteiger charge is -2.14. The van der Waals surface area contributed by atoms with Gasteiger partial charge in [-0.3, -0.25) is 9.13 Å². The molecule has 0 amide bonds. The fraction of sp³-hybridized carbons (Fsp3) is 0.360. The number of nitrogens with one attached hydrogen (secondary N) is 1. The van der Waals surface area contributed by atoms with Gasteiger partial charge in [0.05, 0.1) is 12.2 Å². The van der Waals surface area contributed by atoms with Crippen LogP contribution in [0.2, 0.25) is 0 Å². The summed E-state index contributed by atoms with van der Waals surface area (Å²) in [5, 5.41) is 14.1. The minimum atomic E-state index is -4.63. The average Bonchev–Trinajstić information content (AvgIpc) is 3.43. The van der Waals surface area contributed by atoms with E-state index in [1.54, 1.807) is 20.8 Å². The van der Waals surface area contributed by atoms with Crippen molar-refractivity contribution in [3.63, 3.8) is 0 Å². The summed E-state index contributed by atoms with van der Waals surface area (Å²) in [6.45, 7) is 5.40. The summed E-state index contributed by atoms with van der Waals surface area (Å²) in [6, 6.07) is 15.2. The largest absolute Gasteiger partial charge is 0.433 e. The van der Waals surface area contributed by atoms with E-state index in [9.17, 15) is 18.0 Å². The first kappa shape index (κ1) is 24.4. The SMILES string of the molecule is CCCc1c(C(F)(F)F)n(CC(C)C)c(=O)n1Cc1ccc(-c2ccccc2)c(-c2nnn[nH]2)c1. The molecule has 35 heavy (non-hydrogen) atoms. The Kier molecular flexibility index (Phi) is 6.90. The van der Waals surface area contributed by atoms with Crippen molar-refractivity contribution in [2.75, 3.05) is 0 Å². The number of hydrogen-bond donors (Lipinski definition) is 1. The molecule has 4 aromatic rings. The van der Waals surface area contributed by atoms with Crippen LogP contribution in [0.1, 0.15) is 44.1 Å². The highest BCUT2D eigenvalue weighted by Crippen LogP contribution is 2.34. The van der Waals surface area contributed by atoms with Gasteiger partial charge in [0.1, 0.15) is 5.69 Å². The van der Waals surface area contributed by atoms with Gasteiger partial charge in [-0.25, -0.2) is 9.89 Å². The fourth-order valence-electron chi connectivity index (χ4n) is 4.36. The minimum absolute atomic E-state index is 0.000674. The van der Waals surface area contributed by atoms with Crippen LogP contribution in [0, 0.1) is 5.92 Å². The first-order valence-electron chi connectivity index (χ1n) is 11.5. The van der Waals surface area contributed by atoms with Gasteiger partial charge in [0, 0.05) is 12.1 Å². The van der Waals surface area contributed by atoms with Gasteiger partial charge in [-0.15, -0.1) is 5.10 Å². The van der Waals surface area contributed by atoms with Crippen molar-refractivity contribution in [3.8, 4) is 22.5 Å². The maximum atomic E-state index is 14.1. The smallest absolute Gasteiger partial charge is 0.291 e. The Balaban J connectivity index is 1.85. The van der Waals surface area contributed by atoms with Crippen LogP contribution in [0.25, 0.3) is 22.5 Å². The number of tetrazole rings is 1. The van der Waals surface area contributed by atoms with E-state index in [-0.39, 0.29) is 31.1 Å². The molecule has 4 rings (SSSR count). The second kappa shape index (κ2) is 9.89. The van der Waals surface area contributed by atoms with Gasteiger partial charge < -0.3 is 0 Å². The van der Waals surface area contributed by atoms with Crippen molar-refractivity contribution in [1.29, 1.82) is 0 Å². The highest BCUT2D eigenvalue weighted by Gasteiger charge is 2.40. The van der Waals surface area contributed by atoms with Gasteiger partial charge >= 0.3 is 11.9 Å². The monoisotopic (exact) mass is 484 g/mol. The van der Waals surface area contributed by atoms with Crippen molar-refractivity contribution >= 4 is 0 Å². The molecule has 2 heterocycles. The molecule has 0 aliphatic carbocycles. The minimum Gasteiger partial charge on any atom is -0.291 e. The van der Waals surface area contributed by atoms with Gasteiger partial charge in [0.25, 0.3) is 0 Å². The van der Waals surface area contributed by atoms with Gasteiger partial charge in [0.2, 0.25) is 0 Å². The van der Waals surface area contributed by atoms with Crippen LogP contribution < -0.4 is 5.69 Å². The Morgan fingerprint density at radius 2 is 1.77 bits per heavy atom. The quantitative estimate of drug-likeness (QED) is 0.374. The summed E-state index contributed by atoms with van der Waals surface area (Å²) in [4.78, 5) is 13.3. The van der Waals surface area contributed by atoms with E-state index in [0.717, 1.165) is 15.7 Å². The summed E-state index contributed by atoms with van der Waals surface area (Å²) >= 11 is 0.